The molecule has 0 saturated carbocycles. The number of hydrogen-bond acceptors (Lipinski definition) is 6. The van der Waals surface area contributed by atoms with E-state index in [1.165, 1.54) is 16.2 Å². The van der Waals surface area contributed by atoms with Gasteiger partial charge in [0, 0.05) is 17.0 Å². The number of aryl methyl sites for hydroxylation is 1. The first-order valence-corrected chi connectivity index (χ1v) is 13.3. The van der Waals surface area contributed by atoms with Crippen molar-refractivity contribution in [1.82, 2.24) is 4.98 Å². The van der Waals surface area contributed by atoms with Crippen LogP contribution in [0.25, 0.3) is 16.0 Å². The Morgan fingerprint density at radius 3 is 2.68 bits per heavy atom. The zero-order valence-corrected chi connectivity index (χ0v) is 21.8. The summed E-state index contributed by atoms with van der Waals surface area (Å²) in [5.74, 6) is -0.917. The Morgan fingerprint density at radius 2 is 1.92 bits per heavy atom. The number of Topliss-reactive ketones (excluding diaryl/α,β-unsaturated/α-hetero) is 1. The van der Waals surface area contributed by atoms with Gasteiger partial charge >= 0.3 is 5.91 Å². The minimum absolute atomic E-state index is 0.0402. The summed E-state index contributed by atoms with van der Waals surface area (Å²) in [6.07, 6.45) is 1.61. The van der Waals surface area contributed by atoms with Crippen molar-refractivity contribution in [2.24, 2.45) is 0 Å². The van der Waals surface area contributed by atoms with Crippen LogP contribution in [0.15, 0.2) is 66.2 Å². The Hall–Kier alpha value is -3.68. The number of ketones is 1. The van der Waals surface area contributed by atoms with E-state index in [0.717, 1.165) is 28.0 Å². The predicted octanol–water partition coefficient (Wildman–Crippen LogP) is 6.46. The zero-order valence-electron chi connectivity index (χ0n) is 20.2. The van der Waals surface area contributed by atoms with Crippen LogP contribution < -0.4 is 9.64 Å². The maximum Gasteiger partial charge on any atom is 0.301 e. The number of rotatable bonds is 4. The Balaban J connectivity index is 1.53. The predicted molar refractivity (Wildman–Crippen MR) is 145 cm³/mol. The van der Waals surface area contributed by atoms with Crippen molar-refractivity contribution >= 4 is 55.7 Å². The van der Waals surface area contributed by atoms with Crippen molar-refractivity contribution in [3.63, 3.8) is 0 Å². The summed E-state index contributed by atoms with van der Waals surface area (Å²) >= 11 is 7.45. The second-order valence-corrected chi connectivity index (χ2v) is 10.8. The van der Waals surface area contributed by atoms with E-state index in [1.807, 2.05) is 37.3 Å². The summed E-state index contributed by atoms with van der Waals surface area (Å²) in [5, 5.41) is 12.4. The van der Waals surface area contributed by atoms with Crippen molar-refractivity contribution in [3.8, 4) is 5.75 Å². The molecule has 0 unspecified atom stereocenters. The number of aromatic nitrogens is 1. The van der Waals surface area contributed by atoms with Crippen LogP contribution in [0.4, 0.5) is 5.13 Å². The van der Waals surface area contributed by atoms with Gasteiger partial charge in [0.1, 0.15) is 17.6 Å². The number of carbonyl (C=O) groups excluding carboxylic acids is 2. The van der Waals surface area contributed by atoms with E-state index < -0.39 is 17.7 Å². The lowest BCUT2D eigenvalue weighted by Crippen LogP contribution is -2.29. The van der Waals surface area contributed by atoms with Crippen molar-refractivity contribution in [2.45, 2.75) is 38.8 Å². The van der Waals surface area contributed by atoms with Crippen LogP contribution in [-0.4, -0.2) is 27.9 Å². The maximum absolute atomic E-state index is 13.5. The van der Waals surface area contributed by atoms with E-state index in [0.29, 0.717) is 33.2 Å². The molecule has 1 aromatic heterocycles. The van der Waals surface area contributed by atoms with Gasteiger partial charge in [-0.1, -0.05) is 54.1 Å². The monoisotopic (exact) mass is 530 g/mol. The molecule has 1 saturated heterocycles. The normalized spacial score (nSPS) is 20.5. The number of halogens is 1. The minimum atomic E-state index is -0.828. The largest absolute Gasteiger partial charge is 0.507 e. The van der Waals surface area contributed by atoms with E-state index in [1.54, 1.807) is 30.3 Å². The Morgan fingerprint density at radius 1 is 1.14 bits per heavy atom. The van der Waals surface area contributed by atoms with Crippen molar-refractivity contribution in [1.29, 1.82) is 0 Å². The van der Waals surface area contributed by atoms with E-state index >= 15 is 0 Å². The number of benzene rings is 3. The maximum atomic E-state index is 13.5. The fraction of sp³-hybridized carbons (Fsp3) is 0.207. The average Bonchev–Trinajstić information content (AvgIpc) is 3.55. The molecule has 3 heterocycles. The van der Waals surface area contributed by atoms with Gasteiger partial charge < -0.3 is 9.84 Å². The third-order valence-corrected chi connectivity index (χ3v) is 8.12. The Kier molecular flexibility index (Phi) is 5.77. The van der Waals surface area contributed by atoms with Crippen molar-refractivity contribution in [2.75, 3.05) is 4.90 Å². The summed E-state index contributed by atoms with van der Waals surface area (Å²) < 4.78 is 6.59. The molecule has 3 aromatic carbocycles. The molecule has 8 heteroatoms. The SMILES string of the molecule is CCc1ccc([C@H]2/C(=C(\O)c3ccc4c(c3)C[C@@H](C)O4)C(=O)C(=O)N2c2nc3ccc(Cl)cc3s2)cc1. The van der Waals surface area contributed by atoms with Crippen LogP contribution in [0.5, 0.6) is 5.75 Å². The number of hydrogen-bond donors (Lipinski definition) is 1. The first kappa shape index (κ1) is 23.7. The van der Waals surface area contributed by atoms with Crippen molar-refractivity contribution in [3.05, 3.63) is 93.5 Å². The third-order valence-electron chi connectivity index (χ3n) is 6.86. The van der Waals surface area contributed by atoms with Crippen LogP contribution >= 0.6 is 22.9 Å². The van der Waals surface area contributed by atoms with Crippen LogP contribution in [0.3, 0.4) is 0 Å². The summed E-state index contributed by atoms with van der Waals surface area (Å²) in [5.41, 5.74) is 3.99. The lowest BCUT2D eigenvalue weighted by Gasteiger charge is -2.23. The van der Waals surface area contributed by atoms with E-state index in [-0.39, 0.29) is 17.4 Å². The Bertz CT molecular complexity index is 1610. The van der Waals surface area contributed by atoms with Gasteiger partial charge in [0.25, 0.3) is 5.78 Å². The van der Waals surface area contributed by atoms with Crippen LogP contribution in [0.2, 0.25) is 5.02 Å². The number of ether oxygens (including phenoxy) is 1. The molecule has 0 spiro atoms. The second kappa shape index (κ2) is 9.01. The summed E-state index contributed by atoms with van der Waals surface area (Å²) in [7, 11) is 0. The van der Waals surface area contributed by atoms with Gasteiger partial charge in [0.2, 0.25) is 0 Å². The van der Waals surface area contributed by atoms with Crippen LogP contribution in [0.1, 0.15) is 42.1 Å². The highest BCUT2D eigenvalue weighted by Crippen LogP contribution is 2.45. The van der Waals surface area contributed by atoms with Crippen molar-refractivity contribution < 1.29 is 19.4 Å². The molecule has 2 aliphatic heterocycles. The van der Waals surface area contributed by atoms with Gasteiger partial charge in [-0.15, -0.1) is 0 Å². The number of nitrogens with zero attached hydrogens (tertiary/aromatic N) is 2. The smallest absolute Gasteiger partial charge is 0.301 e. The molecule has 0 bridgehead atoms. The van der Waals surface area contributed by atoms with Gasteiger partial charge in [0.15, 0.2) is 5.13 Å². The van der Waals surface area contributed by atoms with Gasteiger partial charge in [-0.3, -0.25) is 14.5 Å². The molecule has 0 aliphatic carbocycles. The minimum Gasteiger partial charge on any atom is -0.507 e. The number of anilines is 1. The standard InChI is InChI=1S/C29H23ClN2O4S/c1-3-16-4-6-17(7-5-16)25-24(26(33)18-8-11-22-19(13-18)12-15(2)36-22)27(34)28(35)32(25)29-31-21-10-9-20(30)14-23(21)37-29/h4-11,13-15,25,33H,3,12H2,1-2H3/b26-24+/t15-,25+/m1/s1. The number of fused-ring (bicyclic) bond motifs is 2. The molecule has 2 aliphatic rings. The molecule has 0 radical (unpaired) electrons. The molecule has 4 aromatic rings. The fourth-order valence-electron chi connectivity index (χ4n) is 5.00. The highest BCUT2D eigenvalue weighted by molar-refractivity contribution is 7.22. The van der Waals surface area contributed by atoms with E-state index in [2.05, 4.69) is 11.9 Å². The van der Waals surface area contributed by atoms with E-state index in [4.69, 9.17) is 16.3 Å². The molecule has 6 rings (SSSR count). The molecule has 1 fully saturated rings. The van der Waals surface area contributed by atoms with Gasteiger partial charge in [-0.25, -0.2) is 4.98 Å². The zero-order chi connectivity index (χ0) is 25.8. The first-order valence-electron chi connectivity index (χ1n) is 12.1. The average molecular weight is 531 g/mol. The summed E-state index contributed by atoms with van der Waals surface area (Å²) in [6.45, 7) is 4.04. The number of amides is 1. The molecule has 186 valence electrons. The second-order valence-electron chi connectivity index (χ2n) is 9.33. The molecular weight excluding hydrogens is 508 g/mol. The topological polar surface area (TPSA) is 79.7 Å². The lowest BCUT2D eigenvalue weighted by molar-refractivity contribution is -0.132. The fourth-order valence-corrected chi connectivity index (χ4v) is 6.26. The third kappa shape index (κ3) is 3.99. The van der Waals surface area contributed by atoms with Crippen LogP contribution in [-0.2, 0) is 22.4 Å². The number of carbonyl (C=O) groups is 2. The molecule has 1 N–H and O–H groups in total. The quantitative estimate of drug-likeness (QED) is 0.186. The highest BCUT2D eigenvalue weighted by atomic mass is 35.5. The summed E-state index contributed by atoms with van der Waals surface area (Å²) in [4.78, 5) is 33.0. The number of aliphatic hydroxyl groups excluding tert-OH is 1. The molecule has 2 atom stereocenters. The number of aliphatic hydroxyl groups is 1. The van der Waals surface area contributed by atoms with Crippen LogP contribution in [0, 0.1) is 0 Å². The van der Waals surface area contributed by atoms with Gasteiger partial charge in [0.05, 0.1) is 21.8 Å². The van der Waals surface area contributed by atoms with E-state index in [9.17, 15) is 14.7 Å². The molecule has 37 heavy (non-hydrogen) atoms. The van der Waals surface area contributed by atoms with Gasteiger partial charge in [-0.05, 0) is 66.4 Å². The first-order chi connectivity index (χ1) is 17.8. The molecule has 6 nitrogen and oxygen atoms in total. The molecular formula is C29H23ClN2O4S. The Labute approximate surface area is 222 Å². The summed E-state index contributed by atoms with van der Waals surface area (Å²) in [6, 6.07) is 17.6. The number of thiazole rings is 1. The lowest BCUT2D eigenvalue weighted by atomic mass is 9.94. The highest BCUT2D eigenvalue weighted by Gasteiger charge is 2.48. The molecule has 1 amide bonds. The van der Waals surface area contributed by atoms with Gasteiger partial charge in [-0.2, -0.15) is 0 Å².